The van der Waals surface area contributed by atoms with Crippen molar-refractivity contribution < 1.29 is 23.1 Å². The fourth-order valence-corrected chi connectivity index (χ4v) is 1.45. The van der Waals surface area contributed by atoms with Crippen LogP contribution in [0.4, 0.5) is 8.78 Å². The van der Waals surface area contributed by atoms with Crippen LogP contribution in [0.1, 0.15) is 12.8 Å². The van der Waals surface area contributed by atoms with Crippen LogP contribution in [-0.4, -0.2) is 37.0 Å². The van der Waals surface area contributed by atoms with E-state index in [0.717, 1.165) is 0 Å². The van der Waals surface area contributed by atoms with Crippen LogP contribution >= 0.6 is 36.7 Å². The first kappa shape index (κ1) is 20.3. The van der Waals surface area contributed by atoms with E-state index >= 15 is 0 Å². The van der Waals surface area contributed by atoms with Crippen LogP contribution in [-0.2, 0) is 14.3 Å². The molecule has 0 radical (unpaired) electrons. The molecule has 108 valence electrons. The fraction of sp³-hybridized carbons (Fsp3) is 0.800. The summed E-state index contributed by atoms with van der Waals surface area (Å²) < 4.78 is 27.8. The third-order valence-corrected chi connectivity index (χ3v) is 2.63. The zero-order valence-corrected chi connectivity index (χ0v) is 12.1. The smallest absolute Gasteiger partial charge is 0.306 e. The van der Waals surface area contributed by atoms with Crippen LogP contribution < -0.4 is 0 Å². The van der Waals surface area contributed by atoms with Crippen molar-refractivity contribution in [3.8, 4) is 0 Å². The average Bonchev–Trinajstić information content (AvgIpc) is 2.72. The second-order valence-corrected chi connectivity index (χ2v) is 4.37. The van der Waals surface area contributed by atoms with Crippen LogP contribution in [0.3, 0.4) is 0 Å². The third kappa shape index (κ3) is 9.91. The lowest BCUT2D eigenvalue weighted by Crippen LogP contribution is -2.07. The van der Waals surface area contributed by atoms with Crippen molar-refractivity contribution in [1.82, 2.24) is 0 Å². The first-order chi connectivity index (χ1) is 8.03. The summed E-state index contributed by atoms with van der Waals surface area (Å²) in [5.41, 5.74) is 0. The number of carbonyl (C=O) groups is 2. The van der Waals surface area contributed by atoms with Gasteiger partial charge < -0.3 is 4.74 Å². The van der Waals surface area contributed by atoms with Crippen molar-refractivity contribution in [3.05, 3.63) is 0 Å². The van der Waals surface area contributed by atoms with E-state index in [-0.39, 0.29) is 50.7 Å². The molecule has 1 rings (SSSR count). The van der Waals surface area contributed by atoms with Crippen molar-refractivity contribution in [2.45, 2.75) is 12.8 Å². The molecular formula is C10H16Cl2F2O3S. The third-order valence-electron chi connectivity index (χ3n) is 2.04. The molecule has 1 fully saturated rings. The molecule has 1 aliphatic rings. The van der Waals surface area contributed by atoms with Crippen LogP contribution in [0.15, 0.2) is 0 Å². The Morgan fingerprint density at radius 2 is 2.11 bits per heavy atom. The highest BCUT2D eigenvalue weighted by molar-refractivity contribution is 7.59. The van der Waals surface area contributed by atoms with E-state index in [1.807, 2.05) is 0 Å². The van der Waals surface area contributed by atoms with Crippen LogP contribution in [0.25, 0.3) is 0 Å². The van der Waals surface area contributed by atoms with Gasteiger partial charge in [0.25, 0.3) is 0 Å². The van der Waals surface area contributed by atoms with E-state index in [0.29, 0.717) is 0 Å². The monoisotopic (exact) mass is 324 g/mol. The predicted molar refractivity (Wildman–Crippen MR) is 71.1 cm³/mol. The van der Waals surface area contributed by atoms with Crippen molar-refractivity contribution in [3.63, 3.8) is 0 Å². The minimum Gasteiger partial charge on any atom is -0.465 e. The maximum atomic E-state index is 11.7. The Balaban J connectivity index is 0. The molecule has 1 heterocycles. The molecule has 0 N–H and O–H groups in total. The second kappa shape index (κ2) is 12.0. The molecule has 3 nitrogen and oxygen atoms in total. The molecule has 0 aliphatic carbocycles. The first-order valence-corrected chi connectivity index (χ1v) is 5.96. The van der Waals surface area contributed by atoms with Crippen molar-refractivity contribution in [2.24, 2.45) is 11.8 Å². The number of hydrogen-bond donors (Lipinski definition) is 0. The summed E-state index contributed by atoms with van der Waals surface area (Å²) in [6, 6.07) is 0. The number of rotatable bonds is 5. The van der Waals surface area contributed by atoms with Crippen molar-refractivity contribution >= 4 is 47.9 Å². The Hall–Kier alpha value is -0.0700. The molecule has 8 heteroatoms. The van der Waals surface area contributed by atoms with Crippen molar-refractivity contribution in [2.75, 3.05) is 25.8 Å². The summed E-state index contributed by atoms with van der Waals surface area (Å²) in [5, 5.41) is -0.529. The summed E-state index contributed by atoms with van der Waals surface area (Å²) in [5.74, 6) is -0.693. The normalized spacial score (nSPS) is 19.1. The highest BCUT2D eigenvalue weighted by Gasteiger charge is 2.22. The lowest BCUT2D eigenvalue weighted by molar-refractivity contribution is -0.137. The highest BCUT2D eigenvalue weighted by atomic mass is 35.5. The Morgan fingerprint density at radius 1 is 1.50 bits per heavy atom. The number of hydrogen-bond acceptors (Lipinski definition) is 3. The van der Waals surface area contributed by atoms with Gasteiger partial charge in [0.15, 0.2) is 0 Å². The molecule has 18 heavy (non-hydrogen) atoms. The summed E-state index contributed by atoms with van der Waals surface area (Å²) in [7, 11) is 0. The van der Waals surface area contributed by atoms with Gasteiger partial charge in [-0.15, -0.1) is 11.6 Å². The number of halogens is 4. The number of ether oxygens (including phenoxy) is 1. The van der Waals surface area contributed by atoms with E-state index in [2.05, 4.69) is 4.74 Å². The van der Waals surface area contributed by atoms with Gasteiger partial charge in [-0.2, -0.15) is 13.5 Å². The van der Waals surface area contributed by atoms with Gasteiger partial charge >= 0.3 is 5.97 Å². The number of esters is 1. The first-order valence-electron chi connectivity index (χ1n) is 5.05. The molecule has 1 saturated heterocycles. The summed E-state index contributed by atoms with van der Waals surface area (Å²) in [6.07, 6.45) is 0.290. The summed E-state index contributed by atoms with van der Waals surface area (Å²) in [6.45, 7) is -0.747. The molecule has 0 aromatic rings. The predicted octanol–water partition coefficient (Wildman–Crippen LogP) is 2.60. The van der Waals surface area contributed by atoms with Gasteiger partial charge in [-0.1, -0.05) is 0 Å². The Labute approximate surface area is 122 Å². The molecular weight excluding hydrogens is 309 g/mol. The van der Waals surface area contributed by atoms with Crippen LogP contribution in [0.2, 0.25) is 0 Å². The molecule has 2 atom stereocenters. The molecule has 0 aromatic carbocycles. The summed E-state index contributed by atoms with van der Waals surface area (Å²) >= 11 is 10.2. The van der Waals surface area contributed by atoms with Gasteiger partial charge in [0.2, 0.25) is 5.24 Å². The van der Waals surface area contributed by atoms with Gasteiger partial charge in [0.1, 0.15) is 0 Å². The largest absolute Gasteiger partial charge is 0.465 e. The molecule has 1 aliphatic heterocycles. The topological polar surface area (TPSA) is 43.4 Å². The molecule has 0 aromatic heterocycles. The minimum absolute atomic E-state index is 0. The van der Waals surface area contributed by atoms with Crippen molar-refractivity contribution in [1.29, 1.82) is 0 Å². The van der Waals surface area contributed by atoms with Gasteiger partial charge in [0, 0.05) is 24.1 Å². The van der Waals surface area contributed by atoms with Gasteiger partial charge in [0.05, 0.1) is 26.4 Å². The highest BCUT2D eigenvalue weighted by Crippen LogP contribution is 2.13. The minimum atomic E-state index is -0.581. The molecule has 0 spiro atoms. The maximum absolute atomic E-state index is 11.7. The van der Waals surface area contributed by atoms with E-state index in [9.17, 15) is 18.4 Å². The maximum Gasteiger partial charge on any atom is 0.306 e. The Bertz CT molecular complexity index is 253. The average molecular weight is 325 g/mol. The van der Waals surface area contributed by atoms with Crippen LogP contribution in [0.5, 0.6) is 0 Å². The van der Waals surface area contributed by atoms with Gasteiger partial charge in [-0.25, -0.2) is 0 Å². The zero-order chi connectivity index (χ0) is 13.3. The van der Waals surface area contributed by atoms with Crippen LogP contribution in [0, 0.1) is 11.8 Å². The lowest BCUT2D eigenvalue weighted by Gasteiger charge is -2.02. The van der Waals surface area contributed by atoms with E-state index in [1.54, 1.807) is 0 Å². The Morgan fingerprint density at radius 3 is 2.28 bits per heavy atom. The Kier molecular flexibility index (Phi) is 13.5. The molecule has 0 bridgehead atoms. The van der Waals surface area contributed by atoms with Gasteiger partial charge in [-0.05, 0) is 11.6 Å². The molecule has 0 amide bonds. The van der Waals surface area contributed by atoms with Gasteiger partial charge in [-0.3, -0.25) is 18.4 Å². The molecule has 0 unspecified atom stereocenters. The number of cyclic esters (lactones) is 1. The fourth-order valence-electron chi connectivity index (χ4n) is 1.04. The van der Waals surface area contributed by atoms with E-state index in [1.165, 1.54) is 0 Å². The second-order valence-electron chi connectivity index (χ2n) is 3.64. The standard InChI is InChI=1S/C5H7Cl2FO.C5H7FO2.H2S/c6-2-4(3-8)1-5(7)9;6-2-4-1-5(7)8-3-4;/h4H,1-3H2;4H,1-3H2;1H2/t2*4-;/m01./s1. The lowest BCUT2D eigenvalue weighted by atomic mass is 10.1. The number of carbonyl (C=O) groups excluding carboxylic acids is 2. The van der Waals surface area contributed by atoms with E-state index in [4.69, 9.17) is 23.2 Å². The zero-order valence-electron chi connectivity index (χ0n) is 9.63. The quantitative estimate of drug-likeness (QED) is 0.443. The SMILES string of the molecule is O=C(Cl)C[C@H](CF)CCl.O=C1C[C@H](CF)CO1.S. The molecule has 0 saturated carbocycles. The van der Waals surface area contributed by atoms with E-state index < -0.39 is 24.5 Å². The number of alkyl halides is 3. The summed E-state index contributed by atoms with van der Waals surface area (Å²) in [4.78, 5) is 20.3.